The lowest BCUT2D eigenvalue weighted by Crippen LogP contribution is -2.29. The number of nitrogens with one attached hydrogen (secondary N) is 2. The Bertz CT molecular complexity index is 788. The standard InChI is InChI=1S/C17H20N4O4/c1-17(2,3)21-10-12(8-19-21)16(25)20-13-6-4-11(5-7-13)15(24)18-9-14(22)23/h4-8,10H,9H2,1-3H3,(H,18,24)(H,20,25)(H,22,23). The number of benzene rings is 1. The summed E-state index contributed by atoms with van der Waals surface area (Å²) in [5, 5.41) is 17.7. The fourth-order valence-electron chi connectivity index (χ4n) is 1.97. The molecule has 2 rings (SSSR count). The average Bonchev–Trinajstić information content (AvgIpc) is 3.03. The van der Waals surface area contributed by atoms with Crippen LogP contribution in [-0.4, -0.2) is 39.2 Å². The van der Waals surface area contributed by atoms with Crippen molar-refractivity contribution in [1.29, 1.82) is 0 Å². The highest BCUT2D eigenvalue weighted by Crippen LogP contribution is 2.15. The molecule has 0 aliphatic rings. The molecule has 0 bridgehead atoms. The summed E-state index contributed by atoms with van der Waals surface area (Å²) in [6.07, 6.45) is 3.16. The van der Waals surface area contributed by atoms with Crippen molar-refractivity contribution in [3.05, 3.63) is 47.8 Å². The van der Waals surface area contributed by atoms with Crippen LogP contribution in [0, 0.1) is 0 Å². The van der Waals surface area contributed by atoms with Crippen LogP contribution in [0.1, 0.15) is 41.5 Å². The normalized spacial score (nSPS) is 11.0. The van der Waals surface area contributed by atoms with E-state index in [1.54, 1.807) is 23.0 Å². The van der Waals surface area contributed by atoms with E-state index in [4.69, 9.17) is 5.11 Å². The van der Waals surface area contributed by atoms with E-state index in [1.807, 2.05) is 20.8 Å². The minimum absolute atomic E-state index is 0.219. The van der Waals surface area contributed by atoms with Gasteiger partial charge >= 0.3 is 5.97 Å². The van der Waals surface area contributed by atoms with Gasteiger partial charge in [-0.25, -0.2) is 0 Å². The van der Waals surface area contributed by atoms with Crippen LogP contribution >= 0.6 is 0 Å². The summed E-state index contributed by atoms with van der Waals surface area (Å²) in [4.78, 5) is 34.4. The molecule has 1 heterocycles. The van der Waals surface area contributed by atoms with Crippen molar-refractivity contribution in [2.75, 3.05) is 11.9 Å². The zero-order valence-electron chi connectivity index (χ0n) is 14.2. The molecule has 0 fully saturated rings. The molecule has 25 heavy (non-hydrogen) atoms. The Labute approximate surface area is 144 Å². The van der Waals surface area contributed by atoms with Gasteiger partial charge in [0.25, 0.3) is 11.8 Å². The number of hydrogen-bond acceptors (Lipinski definition) is 4. The van der Waals surface area contributed by atoms with Gasteiger partial charge < -0.3 is 15.7 Å². The Morgan fingerprint density at radius 3 is 2.24 bits per heavy atom. The van der Waals surface area contributed by atoms with Crippen LogP contribution in [0.3, 0.4) is 0 Å². The predicted octanol–water partition coefficient (Wildman–Crippen LogP) is 1.70. The van der Waals surface area contributed by atoms with Gasteiger partial charge in [0.05, 0.1) is 17.3 Å². The fraction of sp³-hybridized carbons (Fsp3) is 0.294. The fourth-order valence-corrected chi connectivity index (χ4v) is 1.97. The van der Waals surface area contributed by atoms with Gasteiger partial charge in [0, 0.05) is 17.4 Å². The Balaban J connectivity index is 2.01. The van der Waals surface area contributed by atoms with Crippen molar-refractivity contribution in [1.82, 2.24) is 15.1 Å². The van der Waals surface area contributed by atoms with Crippen LogP contribution in [0.2, 0.25) is 0 Å². The number of aliphatic carboxylic acids is 1. The van der Waals surface area contributed by atoms with Gasteiger partial charge in [-0.3, -0.25) is 19.1 Å². The lowest BCUT2D eigenvalue weighted by atomic mass is 10.1. The van der Waals surface area contributed by atoms with Crippen LogP contribution in [-0.2, 0) is 10.3 Å². The summed E-state index contributed by atoms with van der Waals surface area (Å²) in [6, 6.07) is 6.15. The molecule has 132 valence electrons. The summed E-state index contributed by atoms with van der Waals surface area (Å²) in [5.41, 5.74) is 1.03. The Morgan fingerprint density at radius 1 is 1.08 bits per heavy atom. The summed E-state index contributed by atoms with van der Waals surface area (Å²) in [7, 11) is 0. The molecule has 0 saturated carbocycles. The summed E-state index contributed by atoms with van der Waals surface area (Å²) in [5.74, 6) is -1.92. The Hall–Kier alpha value is -3.16. The maximum Gasteiger partial charge on any atom is 0.322 e. The molecule has 1 aromatic heterocycles. The molecule has 0 spiro atoms. The molecule has 0 unspecified atom stereocenters. The number of hydrogen-bond donors (Lipinski definition) is 3. The Kier molecular flexibility index (Phi) is 5.21. The first-order chi connectivity index (χ1) is 11.7. The monoisotopic (exact) mass is 344 g/mol. The quantitative estimate of drug-likeness (QED) is 0.764. The van der Waals surface area contributed by atoms with Crippen molar-refractivity contribution in [3.63, 3.8) is 0 Å². The predicted molar refractivity (Wildman–Crippen MR) is 91.6 cm³/mol. The minimum atomic E-state index is -1.12. The maximum atomic E-state index is 12.2. The van der Waals surface area contributed by atoms with Crippen molar-refractivity contribution >= 4 is 23.5 Å². The topological polar surface area (TPSA) is 113 Å². The van der Waals surface area contributed by atoms with E-state index < -0.39 is 18.4 Å². The number of nitrogens with zero attached hydrogens (tertiary/aromatic N) is 2. The van der Waals surface area contributed by atoms with Crippen LogP contribution in [0.15, 0.2) is 36.7 Å². The molecule has 1 aromatic carbocycles. The van der Waals surface area contributed by atoms with Gasteiger partial charge in [-0.1, -0.05) is 0 Å². The van der Waals surface area contributed by atoms with Gasteiger partial charge in [0.2, 0.25) is 0 Å². The number of rotatable bonds is 5. The van der Waals surface area contributed by atoms with E-state index in [-0.39, 0.29) is 11.4 Å². The van der Waals surface area contributed by atoms with Gasteiger partial charge in [-0.2, -0.15) is 5.10 Å². The molecule has 0 radical (unpaired) electrons. The molecule has 2 aromatic rings. The molecular weight excluding hydrogens is 324 g/mol. The number of aromatic nitrogens is 2. The number of carbonyl (C=O) groups is 3. The van der Waals surface area contributed by atoms with E-state index in [1.165, 1.54) is 18.3 Å². The van der Waals surface area contributed by atoms with Gasteiger partial charge in [-0.05, 0) is 45.0 Å². The molecular formula is C17H20N4O4. The first kappa shape index (κ1) is 18.2. The molecule has 0 aliphatic carbocycles. The molecule has 0 aliphatic heterocycles. The highest BCUT2D eigenvalue weighted by molar-refractivity contribution is 6.04. The van der Waals surface area contributed by atoms with Crippen LogP contribution in [0.5, 0.6) is 0 Å². The average molecular weight is 344 g/mol. The molecule has 8 heteroatoms. The van der Waals surface area contributed by atoms with Gasteiger partial charge in [0.1, 0.15) is 6.54 Å². The molecule has 2 amide bonds. The number of carbonyl (C=O) groups excluding carboxylic acids is 2. The van der Waals surface area contributed by atoms with Crippen molar-refractivity contribution in [2.45, 2.75) is 26.3 Å². The lowest BCUT2D eigenvalue weighted by molar-refractivity contribution is -0.135. The number of carboxylic acid groups (broad SMARTS) is 1. The first-order valence-corrected chi connectivity index (χ1v) is 7.63. The van der Waals surface area contributed by atoms with E-state index >= 15 is 0 Å². The second-order valence-electron chi connectivity index (χ2n) is 6.45. The zero-order valence-corrected chi connectivity index (χ0v) is 14.2. The zero-order chi connectivity index (χ0) is 18.6. The minimum Gasteiger partial charge on any atom is -0.480 e. The second-order valence-corrected chi connectivity index (χ2v) is 6.45. The molecule has 0 atom stereocenters. The highest BCUT2D eigenvalue weighted by Gasteiger charge is 2.17. The highest BCUT2D eigenvalue weighted by atomic mass is 16.4. The van der Waals surface area contributed by atoms with Crippen molar-refractivity contribution in [3.8, 4) is 0 Å². The van der Waals surface area contributed by atoms with E-state index in [0.717, 1.165) is 0 Å². The van der Waals surface area contributed by atoms with Crippen LogP contribution < -0.4 is 10.6 Å². The third-order valence-electron chi connectivity index (χ3n) is 3.34. The SMILES string of the molecule is CC(C)(C)n1cc(C(=O)Nc2ccc(C(=O)NCC(=O)O)cc2)cn1. The van der Waals surface area contributed by atoms with E-state index in [2.05, 4.69) is 15.7 Å². The largest absolute Gasteiger partial charge is 0.480 e. The lowest BCUT2D eigenvalue weighted by Gasteiger charge is -2.18. The maximum absolute atomic E-state index is 12.2. The summed E-state index contributed by atoms with van der Waals surface area (Å²) in [6.45, 7) is 5.50. The van der Waals surface area contributed by atoms with Crippen molar-refractivity contribution in [2.24, 2.45) is 0 Å². The first-order valence-electron chi connectivity index (χ1n) is 7.63. The second kappa shape index (κ2) is 7.16. The molecule has 3 N–H and O–H groups in total. The van der Waals surface area contributed by atoms with E-state index in [0.29, 0.717) is 16.8 Å². The number of anilines is 1. The molecule has 0 saturated heterocycles. The van der Waals surface area contributed by atoms with Gasteiger partial charge in [0.15, 0.2) is 0 Å². The van der Waals surface area contributed by atoms with Crippen LogP contribution in [0.4, 0.5) is 5.69 Å². The van der Waals surface area contributed by atoms with Crippen molar-refractivity contribution < 1.29 is 19.5 Å². The summed E-state index contributed by atoms with van der Waals surface area (Å²) < 4.78 is 1.71. The number of carboxylic acids is 1. The molecule has 8 nitrogen and oxygen atoms in total. The third-order valence-corrected chi connectivity index (χ3v) is 3.34. The van der Waals surface area contributed by atoms with E-state index in [9.17, 15) is 14.4 Å². The van der Waals surface area contributed by atoms with Crippen LogP contribution in [0.25, 0.3) is 0 Å². The third kappa shape index (κ3) is 4.90. The van der Waals surface area contributed by atoms with Gasteiger partial charge in [-0.15, -0.1) is 0 Å². The number of amides is 2. The smallest absolute Gasteiger partial charge is 0.322 e. The Morgan fingerprint density at radius 2 is 1.72 bits per heavy atom. The summed E-state index contributed by atoms with van der Waals surface area (Å²) >= 11 is 0.